The molecule has 0 bridgehead atoms. The fourth-order valence-electron chi connectivity index (χ4n) is 1.59. The van der Waals surface area contributed by atoms with Crippen molar-refractivity contribution in [2.24, 2.45) is 0 Å². The number of rotatable bonds is 0. The summed E-state index contributed by atoms with van der Waals surface area (Å²) >= 11 is 5.85. The van der Waals surface area contributed by atoms with Gasteiger partial charge in [-0.05, 0) is 23.3 Å². The van der Waals surface area contributed by atoms with Gasteiger partial charge in [0, 0.05) is 25.0 Å². The molecular weight excluding hydrogens is 186 g/mol. The molecule has 1 aliphatic rings. The lowest BCUT2D eigenvalue weighted by molar-refractivity contribution is -0.129. The van der Waals surface area contributed by atoms with E-state index in [0.717, 1.165) is 11.6 Å². The van der Waals surface area contributed by atoms with Gasteiger partial charge in [0.2, 0.25) is 5.91 Å². The minimum Gasteiger partial charge on any atom is -0.334 e. The van der Waals surface area contributed by atoms with Gasteiger partial charge in [-0.3, -0.25) is 4.79 Å². The molecule has 1 aliphatic heterocycles. The van der Waals surface area contributed by atoms with Crippen molar-refractivity contribution in [2.75, 3.05) is 0 Å². The van der Waals surface area contributed by atoms with E-state index in [1.165, 1.54) is 11.1 Å². The van der Waals surface area contributed by atoms with Crippen LogP contribution in [-0.2, 0) is 17.9 Å². The maximum absolute atomic E-state index is 11.1. The van der Waals surface area contributed by atoms with Crippen LogP contribution in [0.3, 0.4) is 0 Å². The highest BCUT2D eigenvalue weighted by molar-refractivity contribution is 6.30. The number of halogens is 1. The molecule has 0 fully saturated rings. The maximum atomic E-state index is 11.1. The zero-order valence-corrected chi connectivity index (χ0v) is 8.14. The molecule has 0 radical (unpaired) electrons. The van der Waals surface area contributed by atoms with Gasteiger partial charge in [-0.2, -0.15) is 0 Å². The van der Waals surface area contributed by atoms with E-state index < -0.39 is 0 Å². The Morgan fingerprint density at radius 2 is 2.08 bits per heavy atom. The average molecular weight is 196 g/mol. The van der Waals surface area contributed by atoms with Gasteiger partial charge in [0.15, 0.2) is 0 Å². The number of carbonyl (C=O) groups excluding carboxylic acids is 1. The van der Waals surface area contributed by atoms with Crippen molar-refractivity contribution in [3.05, 3.63) is 34.3 Å². The molecule has 0 aliphatic carbocycles. The highest BCUT2D eigenvalue weighted by Gasteiger charge is 2.20. The Bertz CT molecular complexity index is 362. The van der Waals surface area contributed by atoms with Gasteiger partial charge in [-0.1, -0.05) is 17.7 Å². The number of nitrogens with zero attached hydrogens (tertiary/aromatic N) is 1. The monoisotopic (exact) mass is 195 g/mol. The first-order valence-electron chi connectivity index (χ1n) is 4.19. The Morgan fingerprint density at radius 3 is 2.77 bits per heavy atom. The molecule has 0 saturated carbocycles. The number of hydrogen-bond acceptors (Lipinski definition) is 1. The van der Waals surface area contributed by atoms with E-state index in [0.29, 0.717) is 6.54 Å². The third-order valence-corrected chi connectivity index (χ3v) is 2.57. The van der Waals surface area contributed by atoms with Crippen LogP contribution in [0.4, 0.5) is 0 Å². The van der Waals surface area contributed by atoms with E-state index in [4.69, 9.17) is 11.6 Å². The minimum atomic E-state index is 0.118. The Balaban J connectivity index is 2.30. The highest BCUT2D eigenvalue weighted by Crippen LogP contribution is 2.25. The summed E-state index contributed by atoms with van der Waals surface area (Å²) in [5, 5.41) is 0.740. The average Bonchev–Trinajstić information content (AvgIpc) is 2.46. The fraction of sp³-hybridized carbons (Fsp3) is 0.300. The summed E-state index contributed by atoms with van der Waals surface area (Å²) in [6, 6.07) is 5.78. The zero-order valence-electron chi connectivity index (χ0n) is 7.38. The smallest absolute Gasteiger partial charge is 0.220 e. The molecule has 1 heterocycles. The molecule has 68 valence electrons. The highest BCUT2D eigenvalue weighted by atomic mass is 35.5. The van der Waals surface area contributed by atoms with Crippen molar-refractivity contribution in [1.29, 1.82) is 0 Å². The third kappa shape index (κ3) is 1.54. The molecule has 0 aromatic heterocycles. The summed E-state index contributed by atoms with van der Waals surface area (Å²) in [7, 11) is 0. The van der Waals surface area contributed by atoms with Crippen LogP contribution in [0.15, 0.2) is 18.2 Å². The second kappa shape index (κ2) is 3.04. The maximum Gasteiger partial charge on any atom is 0.220 e. The Kier molecular flexibility index (Phi) is 2.00. The molecule has 2 nitrogen and oxygen atoms in total. The van der Waals surface area contributed by atoms with Crippen LogP contribution in [0.2, 0.25) is 5.02 Å². The van der Waals surface area contributed by atoms with Crippen LogP contribution in [0.5, 0.6) is 0 Å². The lowest BCUT2D eigenvalue weighted by atomic mass is 10.1. The van der Waals surface area contributed by atoms with Crippen molar-refractivity contribution < 1.29 is 4.79 Å². The first-order chi connectivity index (χ1) is 6.16. The van der Waals surface area contributed by atoms with Crippen LogP contribution in [0.1, 0.15) is 18.1 Å². The lowest BCUT2D eigenvalue weighted by Gasteiger charge is -2.10. The second-order valence-corrected chi connectivity index (χ2v) is 3.72. The molecular formula is C10H10ClNO. The van der Waals surface area contributed by atoms with E-state index >= 15 is 0 Å². The number of carbonyl (C=O) groups is 1. The summed E-state index contributed by atoms with van der Waals surface area (Å²) in [6.45, 7) is 3.01. The summed E-state index contributed by atoms with van der Waals surface area (Å²) in [6.07, 6.45) is 0. The Morgan fingerprint density at radius 1 is 1.38 bits per heavy atom. The predicted molar refractivity (Wildman–Crippen MR) is 51.4 cm³/mol. The number of fused-ring (bicyclic) bond motifs is 1. The summed E-state index contributed by atoms with van der Waals surface area (Å²) in [5.41, 5.74) is 2.38. The fourth-order valence-corrected chi connectivity index (χ4v) is 1.78. The third-order valence-electron chi connectivity index (χ3n) is 2.34. The van der Waals surface area contributed by atoms with Crippen molar-refractivity contribution in [3.8, 4) is 0 Å². The molecule has 0 N–H and O–H groups in total. The van der Waals surface area contributed by atoms with Gasteiger partial charge in [-0.25, -0.2) is 0 Å². The van der Waals surface area contributed by atoms with Crippen molar-refractivity contribution in [1.82, 2.24) is 4.90 Å². The van der Waals surface area contributed by atoms with E-state index in [9.17, 15) is 4.79 Å². The van der Waals surface area contributed by atoms with E-state index in [1.807, 2.05) is 18.2 Å². The quantitative estimate of drug-likeness (QED) is 0.622. The first kappa shape index (κ1) is 8.57. The summed E-state index contributed by atoms with van der Waals surface area (Å²) in [5.74, 6) is 0.118. The SMILES string of the molecule is CC(=O)N1Cc2ccc(Cl)cc2C1. The second-order valence-electron chi connectivity index (χ2n) is 3.29. The Labute approximate surface area is 82.1 Å². The van der Waals surface area contributed by atoms with Crippen molar-refractivity contribution in [2.45, 2.75) is 20.0 Å². The molecule has 1 amide bonds. The molecule has 2 rings (SSSR count). The zero-order chi connectivity index (χ0) is 9.42. The predicted octanol–water partition coefficient (Wildman–Crippen LogP) is 2.20. The van der Waals surface area contributed by atoms with Crippen molar-refractivity contribution in [3.63, 3.8) is 0 Å². The number of amides is 1. The van der Waals surface area contributed by atoms with Gasteiger partial charge < -0.3 is 4.90 Å². The molecule has 13 heavy (non-hydrogen) atoms. The number of benzene rings is 1. The standard InChI is InChI=1S/C10H10ClNO/c1-7(13)12-5-8-2-3-10(11)4-9(8)6-12/h2-4H,5-6H2,1H3. The molecule has 0 spiro atoms. The molecule has 0 unspecified atom stereocenters. The van der Waals surface area contributed by atoms with Crippen LogP contribution in [-0.4, -0.2) is 10.8 Å². The molecule has 1 aromatic carbocycles. The van der Waals surface area contributed by atoms with Gasteiger partial charge in [0.1, 0.15) is 0 Å². The van der Waals surface area contributed by atoms with Crippen LogP contribution in [0, 0.1) is 0 Å². The molecule has 0 atom stereocenters. The van der Waals surface area contributed by atoms with Crippen molar-refractivity contribution >= 4 is 17.5 Å². The first-order valence-corrected chi connectivity index (χ1v) is 4.57. The van der Waals surface area contributed by atoms with E-state index in [-0.39, 0.29) is 5.91 Å². The van der Waals surface area contributed by atoms with Gasteiger partial charge in [0.05, 0.1) is 0 Å². The minimum absolute atomic E-state index is 0.118. The largest absolute Gasteiger partial charge is 0.334 e. The summed E-state index contributed by atoms with van der Waals surface area (Å²) < 4.78 is 0. The molecule has 1 aromatic rings. The van der Waals surface area contributed by atoms with Gasteiger partial charge in [-0.15, -0.1) is 0 Å². The van der Waals surface area contributed by atoms with Crippen LogP contribution in [0.25, 0.3) is 0 Å². The van der Waals surface area contributed by atoms with Gasteiger partial charge in [0.25, 0.3) is 0 Å². The van der Waals surface area contributed by atoms with Crippen LogP contribution >= 0.6 is 11.6 Å². The van der Waals surface area contributed by atoms with Crippen LogP contribution < -0.4 is 0 Å². The topological polar surface area (TPSA) is 20.3 Å². The number of hydrogen-bond donors (Lipinski definition) is 0. The normalized spacial score (nSPS) is 14.5. The Hall–Kier alpha value is -1.02. The van der Waals surface area contributed by atoms with Gasteiger partial charge >= 0.3 is 0 Å². The lowest BCUT2D eigenvalue weighted by Crippen LogP contribution is -2.21. The molecule has 3 heteroatoms. The summed E-state index contributed by atoms with van der Waals surface area (Å²) in [4.78, 5) is 12.9. The van der Waals surface area contributed by atoms with E-state index in [2.05, 4.69) is 0 Å². The molecule has 0 saturated heterocycles. The van der Waals surface area contributed by atoms with E-state index in [1.54, 1.807) is 11.8 Å².